The van der Waals surface area contributed by atoms with Gasteiger partial charge in [0.25, 0.3) is 0 Å². The van der Waals surface area contributed by atoms with Crippen molar-refractivity contribution in [2.24, 2.45) is 5.73 Å². The van der Waals surface area contributed by atoms with Crippen molar-refractivity contribution < 1.29 is 19.7 Å². The number of hydrogen-bond donors (Lipinski definition) is 3. The molecule has 4 N–H and O–H groups in total. The van der Waals surface area contributed by atoms with Crippen LogP contribution >= 0.6 is 0 Å². The van der Waals surface area contributed by atoms with Gasteiger partial charge in [0.05, 0.1) is 0 Å². The maximum Gasteiger partial charge on any atom is 0.341 e. The molecule has 0 radical (unpaired) electrons. The van der Waals surface area contributed by atoms with E-state index in [0.717, 1.165) is 0 Å². The summed E-state index contributed by atoms with van der Waals surface area (Å²) in [7, 11) is 0. The van der Waals surface area contributed by atoms with Crippen molar-refractivity contribution in [2.75, 3.05) is 6.61 Å². The number of aliphatic carboxylic acids is 1. The summed E-state index contributed by atoms with van der Waals surface area (Å²) in [6, 6.07) is 4.34. The molecule has 5 heteroatoms. The molecule has 0 saturated heterocycles. The summed E-state index contributed by atoms with van der Waals surface area (Å²) in [5, 5.41) is 17.5. The van der Waals surface area contributed by atoms with Crippen molar-refractivity contribution >= 4 is 5.97 Å². The van der Waals surface area contributed by atoms with Gasteiger partial charge in [-0.3, -0.25) is 0 Å². The van der Waals surface area contributed by atoms with Crippen LogP contribution in [0.1, 0.15) is 5.56 Å². The molecular formula is C9H11NO4. The number of phenolic OH excluding ortho intramolecular Hbond substituents is 1. The van der Waals surface area contributed by atoms with Crippen LogP contribution in [-0.2, 0) is 11.3 Å². The van der Waals surface area contributed by atoms with Crippen LogP contribution in [0.4, 0.5) is 0 Å². The first-order valence-corrected chi connectivity index (χ1v) is 4.00. The zero-order valence-corrected chi connectivity index (χ0v) is 7.43. The Labute approximate surface area is 80.7 Å². The van der Waals surface area contributed by atoms with E-state index in [1.54, 1.807) is 0 Å². The van der Waals surface area contributed by atoms with Crippen molar-refractivity contribution in [3.63, 3.8) is 0 Å². The zero-order valence-electron chi connectivity index (χ0n) is 7.43. The molecule has 5 nitrogen and oxygen atoms in total. The minimum atomic E-state index is -1.05. The number of rotatable bonds is 4. The third-order valence-electron chi connectivity index (χ3n) is 1.62. The van der Waals surface area contributed by atoms with Crippen molar-refractivity contribution in [1.82, 2.24) is 0 Å². The number of carboxylic acid groups (broad SMARTS) is 1. The summed E-state index contributed by atoms with van der Waals surface area (Å²) in [5.41, 5.74) is 5.96. The predicted molar refractivity (Wildman–Crippen MR) is 49.1 cm³/mol. The van der Waals surface area contributed by atoms with E-state index in [-0.39, 0.29) is 12.3 Å². The van der Waals surface area contributed by atoms with Crippen molar-refractivity contribution in [3.05, 3.63) is 23.8 Å². The molecule has 14 heavy (non-hydrogen) atoms. The van der Waals surface area contributed by atoms with Gasteiger partial charge in [0.1, 0.15) is 11.5 Å². The first-order chi connectivity index (χ1) is 6.63. The fourth-order valence-electron chi connectivity index (χ4n) is 1.01. The van der Waals surface area contributed by atoms with Gasteiger partial charge in [0.15, 0.2) is 6.61 Å². The van der Waals surface area contributed by atoms with E-state index in [4.69, 9.17) is 20.7 Å². The lowest BCUT2D eigenvalue weighted by Crippen LogP contribution is -2.11. The number of nitrogens with two attached hydrogens (primary N) is 1. The quantitative estimate of drug-likeness (QED) is 0.646. The second-order valence-corrected chi connectivity index (χ2v) is 2.68. The lowest BCUT2D eigenvalue weighted by Gasteiger charge is -2.08. The van der Waals surface area contributed by atoms with Gasteiger partial charge in [-0.15, -0.1) is 0 Å². The first-order valence-electron chi connectivity index (χ1n) is 4.00. The smallest absolute Gasteiger partial charge is 0.341 e. The second-order valence-electron chi connectivity index (χ2n) is 2.68. The third kappa shape index (κ3) is 2.63. The summed E-state index contributed by atoms with van der Waals surface area (Å²) in [6.07, 6.45) is 0. The average Bonchev–Trinajstić information content (AvgIpc) is 2.15. The van der Waals surface area contributed by atoms with Gasteiger partial charge < -0.3 is 20.7 Å². The number of phenols is 1. The Bertz CT molecular complexity index is 338. The van der Waals surface area contributed by atoms with Crippen LogP contribution in [0.15, 0.2) is 18.2 Å². The highest BCUT2D eigenvalue weighted by Crippen LogP contribution is 2.22. The minimum absolute atomic E-state index is 0.0770. The molecule has 0 aliphatic rings. The van der Waals surface area contributed by atoms with Gasteiger partial charge in [-0.05, 0) is 18.2 Å². The molecule has 0 amide bonds. The Kier molecular flexibility index (Phi) is 3.30. The van der Waals surface area contributed by atoms with E-state index in [1.165, 1.54) is 18.2 Å². The number of carboxylic acids is 1. The predicted octanol–water partition coefficient (Wildman–Crippen LogP) is 0.314. The maximum absolute atomic E-state index is 10.2. The molecule has 0 atom stereocenters. The number of aromatic hydroxyl groups is 1. The van der Waals surface area contributed by atoms with Gasteiger partial charge >= 0.3 is 5.97 Å². The van der Waals surface area contributed by atoms with E-state index in [1.807, 2.05) is 0 Å². The minimum Gasteiger partial charge on any atom is -0.508 e. The monoisotopic (exact) mass is 197 g/mol. The number of carbonyl (C=O) groups is 1. The zero-order chi connectivity index (χ0) is 10.6. The van der Waals surface area contributed by atoms with Crippen molar-refractivity contribution in [2.45, 2.75) is 6.54 Å². The van der Waals surface area contributed by atoms with E-state index in [2.05, 4.69) is 0 Å². The molecule has 0 aromatic heterocycles. The standard InChI is InChI=1S/C9H11NO4/c10-4-6-3-7(11)1-2-8(6)14-5-9(12)13/h1-3,11H,4-5,10H2,(H,12,13). The molecule has 0 unspecified atom stereocenters. The van der Waals surface area contributed by atoms with Crippen LogP contribution in [-0.4, -0.2) is 22.8 Å². The van der Waals surface area contributed by atoms with Crippen LogP contribution < -0.4 is 10.5 Å². The number of benzene rings is 1. The van der Waals surface area contributed by atoms with E-state index in [9.17, 15) is 4.79 Å². The van der Waals surface area contributed by atoms with Gasteiger partial charge in [0, 0.05) is 12.1 Å². The molecule has 76 valence electrons. The average molecular weight is 197 g/mol. The Morgan fingerprint density at radius 2 is 2.21 bits per heavy atom. The van der Waals surface area contributed by atoms with E-state index >= 15 is 0 Å². The number of hydrogen-bond acceptors (Lipinski definition) is 4. The summed E-state index contributed by atoms with van der Waals surface area (Å²) in [6.45, 7) is -0.235. The largest absolute Gasteiger partial charge is 0.508 e. The molecule has 0 bridgehead atoms. The lowest BCUT2D eigenvalue weighted by molar-refractivity contribution is -0.139. The molecule has 0 aliphatic heterocycles. The van der Waals surface area contributed by atoms with Crippen LogP contribution in [0.2, 0.25) is 0 Å². The maximum atomic E-state index is 10.2. The summed E-state index contributed by atoms with van der Waals surface area (Å²) < 4.78 is 4.95. The SMILES string of the molecule is NCc1cc(O)ccc1OCC(=O)O. The highest BCUT2D eigenvalue weighted by Gasteiger charge is 2.05. The van der Waals surface area contributed by atoms with Crippen LogP contribution in [0, 0.1) is 0 Å². The molecule has 0 heterocycles. The van der Waals surface area contributed by atoms with Crippen LogP contribution in [0.3, 0.4) is 0 Å². The first kappa shape index (κ1) is 10.3. The van der Waals surface area contributed by atoms with Gasteiger partial charge in [-0.2, -0.15) is 0 Å². The van der Waals surface area contributed by atoms with Gasteiger partial charge in [-0.25, -0.2) is 4.79 Å². The number of ether oxygens (including phenoxy) is 1. The van der Waals surface area contributed by atoms with Crippen molar-refractivity contribution in [3.8, 4) is 11.5 Å². The summed E-state index contributed by atoms with van der Waals surface area (Å²) >= 11 is 0. The normalized spacial score (nSPS) is 9.79. The highest BCUT2D eigenvalue weighted by atomic mass is 16.5. The van der Waals surface area contributed by atoms with E-state index < -0.39 is 12.6 Å². The lowest BCUT2D eigenvalue weighted by atomic mass is 10.2. The molecule has 0 spiro atoms. The summed E-state index contributed by atoms with van der Waals surface area (Å²) in [5.74, 6) is -0.595. The van der Waals surface area contributed by atoms with Gasteiger partial charge in [0.2, 0.25) is 0 Å². The Morgan fingerprint density at radius 1 is 1.50 bits per heavy atom. The fraction of sp³-hybridized carbons (Fsp3) is 0.222. The Hall–Kier alpha value is -1.75. The highest BCUT2D eigenvalue weighted by molar-refractivity contribution is 5.68. The third-order valence-corrected chi connectivity index (χ3v) is 1.62. The summed E-state index contributed by atoms with van der Waals surface area (Å²) in [4.78, 5) is 10.2. The molecule has 0 aliphatic carbocycles. The van der Waals surface area contributed by atoms with Gasteiger partial charge in [-0.1, -0.05) is 0 Å². The topological polar surface area (TPSA) is 92.8 Å². The molecule has 0 saturated carbocycles. The molecule has 1 aromatic rings. The van der Waals surface area contributed by atoms with Crippen molar-refractivity contribution in [1.29, 1.82) is 0 Å². The molecule has 1 aromatic carbocycles. The Balaban J connectivity index is 2.80. The molecule has 0 fully saturated rings. The van der Waals surface area contributed by atoms with Crippen LogP contribution in [0.5, 0.6) is 11.5 Å². The fourth-order valence-corrected chi connectivity index (χ4v) is 1.01. The molecular weight excluding hydrogens is 186 g/mol. The second kappa shape index (κ2) is 4.48. The Morgan fingerprint density at radius 3 is 2.79 bits per heavy atom. The van der Waals surface area contributed by atoms with E-state index in [0.29, 0.717) is 11.3 Å². The molecule has 1 rings (SSSR count). The van der Waals surface area contributed by atoms with Crippen LogP contribution in [0.25, 0.3) is 0 Å².